The molecule has 2 aromatic carbocycles. The van der Waals surface area contributed by atoms with Crippen LogP contribution in [-0.4, -0.2) is 28.7 Å². The van der Waals surface area contributed by atoms with E-state index in [4.69, 9.17) is 23.2 Å². The van der Waals surface area contributed by atoms with Crippen LogP contribution in [0.4, 0.5) is 5.69 Å². The average Bonchev–Trinajstić information content (AvgIpc) is 2.90. The molecule has 0 fully saturated rings. The molecule has 140 valence electrons. The van der Waals surface area contributed by atoms with Gasteiger partial charge in [-0.05, 0) is 36.8 Å². The van der Waals surface area contributed by atoms with E-state index in [1.165, 1.54) is 6.07 Å². The van der Waals surface area contributed by atoms with Gasteiger partial charge in [0.15, 0.2) is 0 Å². The Kier molecular flexibility index (Phi) is 5.82. The standard InChI is InChI=1S/C20H18Cl2N2O3/c1-2-3-8-17(18(25)23-16-11-12(21)9-10-15(16)22)24-19(26)13-6-4-5-7-14(13)20(24)27/h4-7,9-11,17H,2-3,8H2,1H3,(H,23,25)/t17-/m1/s1. The first kappa shape index (κ1) is 19.4. The third-order valence-electron chi connectivity index (χ3n) is 4.46. The molecule has 0 bridgehead atoms. The Morgan fingerprint density at radius 2 is 1.70 bits per heavy atom. The molecule has 1 aliphatic heterocycles. The maximum absolute atomic E-state index is 13.0. The van der Waals surface area contributed by atoms with E-state index in [9.17, 15) is 14.4 Å². The number of nitrogens with zero attached hydrogens (tertiary/aromatic N) is 1. The zero-order chi connectivity index (χ0) is 19.6. The van der Waals surface area contributed by atoms with Crippen molar-refractivity contribution in [2.45, 2.75) is 32.2 Å². The van der Waals surface area contributed by atoms with E-state index in [-0.39, 0.29) is 0 Å². The molecule has 2 aromatic rings. The van der Waals surface area contributed by atoms with Crippen LogP contribution in [-0.2, 0) is 4.79 Å². The van der Waals surface area contributed by atoms with Crippen molar-refractivity contribution in [2.24, 2.45) is 0 Å². The number of anilines is 1. The number of fused-ring (bicyclic) bond motifs is 1. The lowest BCUT2D eigenvalue weighted by Crippen LogP contribution is -2.47. The number of imide groups is 1. The third kappa shape index (κ3) is 3.84. The maximum Gasteiger partial charge on any atom is 0.262 e. The number of hydrogen-bond donors (Lipinski definition) is 1. The molecule has 0 aliphatic carbocycles. The number of rotatable bonds is 6. The summed E-state index contributed by atoms with van der Waals surface area (Å²) in [7, 11) is 0. The van der Waals surface area contributed by atoms with Crippen LogP contribution in [0.1, 0.15) is 46.9 Å². The first-order chi connectivity index (χ1) is 12.9. The number of carbonyl (C=O) groups is 3. The number of nitrogens with one attached hydrogen (secondary N) is 1. The minimum atomic E-state index is -0.924. The summed E-state index contributed by atoms with van der Waals surface area (Å²) in [4.78, 5) is 39.5. The van der Waals surface area contributed by atoms with Gasteiger partial charge in [-0.15, -0.1) is 0 Å². The highest BCUT2D eigenvalue weighted by Gasteiger charge is 2.42. The molecule has 3 rings (SSSR count). The monoisotopic (exact) mass is 404 g/mol. The molecule has 5 nitrogen and oxygen atoms in total. The second-order valence-electron chi connectivity index (χ2n) is 6.30. The number of benzene rings is 2. The van der Waals surface area contributed by atoms with E-state index in [1.54, 1.807) is 36.4 Å². The van der Waals surface area contributed by atoms with E-state index in [0.29, 0.717) is 39.7 Å². The van der Waals surface area contributed by atoms with Gasteiger partial charge in [-0.25, -0.2) is 0 Å². The maximum atomic E-state index is 13.0. The van der Waals surface area contributed by atoms with E-state index < -0.39 is 23.8 Å². The van der Waals surface area contributed by atoms with E-state index in [0.717, 1.165) is 11.3 Å². The molecule has 1 heterocycles. The Bertz CT molecular complexity index is 879. The zero-order valence-electron chi connectivity index (χ0n) is 14.7. The Morgan fingerprint density at radius 1 is 1.07 bits per heavy atom. The van der Waals surface area contributed by atoms with Crippen molar-refractivity contribution in [3.63, 3.8) is 0 Å². The highest BCUT2D eigenvalue weighted by molar-refractivity contribution is 6.35. The summed E-state index contributed by atoms with van der Waals surface area (Å²) in [6, 6.07) is 10.4. The summed E-state index contributed by atoms with van der Waals surface area (Å²) in [5, 5.41) is 3.44. The Balaban J connectivity index is 1.90. The molecule has 27 heavy (non-hydrogen) atoms. The third-order valence-corrected chi connectivity index (χ3v) is 5.02. The van der Waals surface area contributed by atoms with Crippen molar-refractivity contribution in [3.8, 4) is 0 Å². The molecule has 3 amide bonds. The molecule has 0 radical (unpaired) electrons. The zero-order valence-corrected chi connectivity index (χ0v) is 16.2. The fraction of sp³-hybridized carbons (Fsp3) is 0.250. The van der Waals surface area contributed by atoms with Crippen LogP contribution in [0.5, 0.6) is 0 Å². The van der Waals surface area contributed by atoms with E-state index >= 15 is 0 Å². The normalized spacial score (nSPS) is 14.3. The SMILES string of the molecule is CCCC[C@H](C(=O)Nc1cc(Cl)ccc1Cl)N1C(=O)c2ccccc2C1=O. The van der Waals surface area contributed by atoms with Gasteiger partial charge in [0.05, 0.1) is 21.8 Å². The van der Waals surface area contributed by atoms with Gasteiger partial charge in [-0.3, -0.25) is 19.3 Å². The summed E-state index contributed by atoms with van der Waals surface area (Å²) in [5.74, 6) is -1.38. The molecule has 0 saturated heterocycles. The highest BCUT2D eigenvalue weighted by atomic mass is 35.5. The van der Waals surface area contributed by atoms with Gasteiger partial charge < -0.3 is 5.32 Å². The largest absolute Gasteiger partial charge is 0.323 e. The predicted molar refractivity (Wildman–Crippen MR) is 105 cm³/mol. The second-order valence-corrected chi connectivity index (χ2v) is 7.14. The number of carbonyl (C=O) groups excluding carboxylic acids is 3. The van der Waals surface area contributed by atoms with Gasteiger partial charge in [0.1, 0.15) is 6.04 Å². The molecule has 1 atom stereocenters. The Hall–Kier alpha value is -2.37. The van der Waals surface area contributed by atoms with Crippen LogP contribution < -0.4 is 5.32 Å². The predicted octanol–water partition coefficient (Wildman–Crippen LogP) is 4.79. The summed E-state index contributed by atoms with van der Waals surface area (Å²) >= 11 is 12.1. The lowest BCUT2D eigenvalue weighted by atomic mass is 10.1. The van der Waals surface area contributed by atoms with Crippen LogP contribution >= 0.6 is 23.2 Å². The van der Waals surface area contributed by atoms with Gasteiger partial charge in [0.2, 0.25) is 5.91 Å². The number of unbranched alkanes of at least 4 members (excludes halogenated alkanes) is 1. The van der Waals surface area contributed by atoms with Crippen molar-refractivity contribution in [1.82, 2.24) is 4.90 Å². The van der Waals surface area contributed by atoms with Crippen molar-refractivity contribution in [3.05, 3.63) is 63.6 Å². The first-order valence-corrected chi connectivity index (χ1v) is 9.42. The molecule has 7 heteroatoms. The summed E-state index contributed by atoms with van der Waals surface area (Å²) < 4.78 is 0. The Labute approximate surface area is 167 Å². The number of halogens is 2. The van der Waals surface area contributed by atoms with E-state index in [1.807, 2.05) is 6.92 Å². The van der Waals surface area contributed by atoms with Crippen molar-refractivity contribution < 1.29 is 14.4 Å². The minimum absolute atomic E-state index is 0.317. The average molecular weight is 405 g/mol. The summed E-state index contributed by atoms with van der Waals surface area (Å²) in [5.41, 5.74) is 0.974. The lowest BCUT2D eigenvalue weighted by molar-refractivity contribution is -0.120. The highest BCUT2D eigenvalue weighted by Crippen LogP contribution is 2.29. The van der Waals surface area contributed by atoms with Gasteiger partial charge in [-0.1, -0.05) is 55.1 Å². The van der Waals surface area contributed by atoms with E-state index in [2.05, 4.69) is 5.32 Å². The van der Waals surface area contributed by atoms with Gasteiger partial charge in [0, 0.05) is 5.02 Å². The molecular formula is C20H18Cl2N2O3. The second kappa shape index (κ2) is 8.11. The fourth-order valence-electron chi connectivity index (χ4n) is 3.08. The molecule has 1 aliphatic rings. The molecule has 0 unspecified atom stereocenters. The van der Waals surface area contributed by atoms with Crippen LogP contribution in [0, 0.1) is 0 Å². The summed E-state index contributed by atoms with van der Waals surface area (Å²) in [6.45, 7) is 1.98. The number of amides is 3. The minimum Gasteiger partial charge on any atom is -0.323 e. The molecule has 0 spiro atoms. The van der Waals surface area contributed by atoms with Gasteiger partial charge >= 0.3 is 0 Å². The van der Waals surface area contributed by atoms with Crippen LogP contribution in [0.25, 0.3) is 0 Å². The van der Waals surface area contributed by atoms with Crippen LogP contribution in [0.15, 0.2) is 42.5 Å². The van der Waals surface area contributed by atoms with Gasteiger partial charge in [0.25, 0.3) is 11.8 Å². The van der Waals surface area contributed by atoms with Crippen molar-refractivity contribution in [1.29, 1.82) is 0 Å². The van der Waals surface area contributed by atoms with Gasteiger partial charge in [-0.2, -0.15) is 0 Å². The van der Waals surface area contributed by atoms with Crippen LogP contribution in [0.2, 0.25) is 10.0 Å². The van der Waals surface area contributed by atoms with Crippen molar-refractivity contribution >= 4 is 46.6 Å². The molecule has 0 saturated carbocycles. The topological polar surface area (TPSA) is 66.5 Å². The quantitative estimate of drug-likeness (QED) is 0.703. The molecular weight excluding hydrogens is 387 g/mol. The summed E-state index contributed by atoms with van der Waals surface area (Å²) in [6.07, 6.45) is 1.88. The molecule has 1 N–H and O–H groups in total. The first-order valence-electron chi connectivity index (χ1n) is 8.67. The number of hydrogen-bond acceptors (Lipinski definition) is 3. The van der Waals surface area contributed by atoms with Crippen molar-refractivity contribution in [2.75, 3.05) is 5.32 Å². The Morgan fingerprint density at radius 3 is 2.30 bits per heavy atom. The smallest absolute Gasteiger partial charge is 0.262 e. The fourth-order valence-corrected chi connectivity index (χ4v) is 3.41. The van der Waals surface area contributed by atoms with Crippen LogP contribution in [0.3, 0.4) is 0 Å². The lowest BCUT2D eigenvalue weighted by Gasteiger charge is -2.25. The molecule has 0 aromatic heterocycles.